The predicted molar refractivity (Wildman–Crippen MR) is 52.1 cm³/mol. The van der Waals surface area contributed by atoms with E-state index in [1.54, 1.807) is 0 Å². The van der Waals surface area contributed by atoms with Crippen molar-refractivity contribution in [1.29, 1.82) is 0 Å². The fourth-order valence-electron chi connectivity index (χ4n) is 1.07. The third-order valence-corrected chi connectivity index (χ3v) is 1.61. The van der Waals surface area contributed by atoms with Gasteiger partial charge in [-0.2, -0.15) is 0 Å². The molecule has 2 heterocycles. The molecular formula is C9H15N3. The lowest BCUT2D eigenvalue weighted by Gasteiger charge is -2.09. The van der Waals surface area contributed by atoms with Gasteiger partial charge in [0, 0.05) is 18.4 Å². The van der Waals surface area contributed by atoms with E-state index in [1.807, 2.05) is 37.7 Å². The molecule has 1 N–H and O–H groups in total. The molecule has 0 saturated heterocycles. The number of hydrogen-bond acceptors (Lipinski definition) is 2. The summed E-state index contributed by atoms with van der Waals surface area (Å²) in [5.41, 5.74) is 1.17. The van der Waals surface area contributed by atoms with Crippen LogP contribution in [-0.2, 0) is 0 Å². The number of imidazole rings is 1. The summed E-state index contributed by atoms with van der Waals surface area (Å²) in [5, 5.41) is 3.15. The Morgan fingerprint density at radius 1 is 1.50 bits per heavy atom. The maximum Gasteiger partial charge on any atom is 0.207 e. The molecule has 66 valence electrons. The highest BCUT2D eigenvalue weighted by atomic mass is 15.2. The molecule has 3 nitrogen and oxygen atoms in total. The van der Waals surface area contributed by atoms with Crippen LogP contribution in [0.4, 0.5) is 5.95 Å². The van der Waals surface area contributed by atoms with Crippen LogP contribution in [-0.4, -0.2) is 16.1 Å². The summed E-state index contributed by atoms with van der Waals surface area (Å²) < 4.78 is 2.03. The molecule has 0 amide bonds. The van der Waals surface area contributed by atoms with E-state index in [0.29, 0.717) is 0 Å². The van der Waals surface area contributed by atoms with Gasteiger partial charge in [-0.1, -0.05) is 13.8 Å². The van der Waals surface area contributed by atoms with E-state index in [2.05, 4.69) is 16.4 Å². The Bertz CT molecular complexity index is 273. The molecule has 0 atom stereocenters. The standard InChI is InChI=1S/C7H9N3.C2H6/c1-6-5-9-7-8-3-2-4-10(6)7;1-2/h2,4-5H,3H2,1H3,(H,8,9);1-2H3. The lowest BCUT2D eigenvalue weighted by molar-refractivity contribution is 1.03. The molecule has 1 aliphatic heterocycles. The summed E-state index contributed by atoms with van der Waals surface area (Å²) in [4.78, 5) is 4.16. The Morgan fingerprint density at radius 2 is 2.25 bits per heavy atom. The van der Waals surface area contributed by atoms with Crippen LogP contribution in [0.25, 0.3) is 6.20 Å². The van der Waals surface area contributed by atoms with E-state index in [9.17, 15) is 0 Å². The number of aromatic nitrogens is 2. The van der Waals surface area contributed by atoms with Gasteiger partial charge in [0.15, 0.2) is 0 Å². The Labute approximate surface area is 73.1 Å². The molecule has 12 heavy (non-hydrogen) atoms. The summed E-state index contributed by atoms with van der Waals surface area (Å²) in [6.07, 6.45) is 5.97. The third-order valence-electron chi connectivity index (χ3n) is 1.61. The highest BCUT2D eigenvalue weighted by molar-refractivity contribution is 5.46. The predicted octanol–water partition coefficient (Wildman–Crippen LogP) is 2.11. The van der Waals surface area contributed by atoms with Gasteiger partial charge in [-0.3, -0.25) is 4.57 Å². The topological polar surface area (TPSA) is 29.9 Å². The minimum Gasteiger partial charge on any atom is -0.352 e. The van der Waals surface area contributed by atoms with Crippen molar-refractivity contribution in [2.45, 2.75) is 20.8 Å². The number of nitrogens with zero attached hydrogens (tertiary/aromatic N) is 2. The van der Waals surface area contributed by atoms with Gasteiger partial charge < -0.3 is 5.32 Å². The van der Waals surface area contributed by atoms with Gasteiger partial charge in [0.05, 0.1) is 6.20 Å². The van der Waals surface area contributed by atoms with E-state index in [1.165, 1.54) is 5.69 Å². The molecule has 1 aromatic rings. The van der Waals surface area contributed by atoms with Gasteiger partial charge in [0.25, 0.3) is 0 Å². The highest BCUT2D eigenvalue weighted by Gasteiger charge is 2.04. The first-order valence-electron chi connectivity index (χ1n) is 4.32. The van der Waals surface area contributed by atoms with E-state index in [0.717, 1.165) is 12.5 Å². The molecule has 0 radical (unpaired) electrons. The van der Waals surface area contributed by atoms with Crippen LogP contribution in [0.5, 0.6) is 0 Å². The van der Waals surface area contributed by atoms with Gasteiger partial charge in [-0.05, 0) is 13.0 Å². The monoisotopic (exact) mass is 165 g/mol. The Balaban J connectivity index is 0.000000336. The molecule has 2 rings (SSSR count). The molecule has 0 spiro atoms. The van der Waals surface area contributed by atoms with Crippen LogP contribution in [0.2, 0.25) is 0 Å². The summed E-state index contributed by atoms with van der Waals surface area (Å²) in [5.74, 6) is 0.944. The number of anilines is 1. The quantitative estimate of drug-likeness (QED) is 0.638. The van der Waals surface area contributed by atoms with Crippen molar-refractivity contribution < 1.29 is 0 Å². The fraction of sp³-hybridized carbons (Fsp3) is 0.444. The number of hydrogen-bond donors (Lipinski definition) is 1. The van der Waals surface area contributed by atoms with Crippen molar-refractivity contribution in [1.82, 2.24) is 9.55 Å². The molecule has 0 unspecified atom stereocenters. The normalized spacial score (nSPS) is 12.6. The number of rotatable bonds is 0. The lowest BCUT2D eigenvalue weighted by atomic mass is 10.5. The first-order chi connectivity index (χ1) is 5.88. The fourth-order valence-corrected chi connectivity index (χ4v) is 1.07. The number of fused-ring (bicyclic) bond motifs is 1. The second kappa shape index (κ2) is 3.95. The molecule has 0 saturated carbocycles. The molecule has 0 aromatic carbocycles. The van der Waals surface area contributed by atoms with Crippen molar-refractivity contribution in [3.8, 4) is 0 Å². The van der Waals surface area contributed by atoms with Crippen LogP contribution in [0.15, 0.2) is 12.3 Å². The second-order valence-electron chi connectivity index (χ2n) is 2.36. The molecule has 0 fully saturated rings. The molecule has 1 aliphatic rings. The van der Waals surface area contributed by atoms with Crippen LogP contribution < -0.4 is 5.32 Å². The molecule has 1 aromatic heterocycles. The zero-order valence-electron chi connectivity index (χ0n) is 7.83. The van der Waals surface area contributed by atoms with Gasteiger partial charge in [-0.15, -0.1) is 0 Å². The minimum absolute atomic E-state index is 0.885. The van der Waals surface area contributed by atoms with E-state index < -0.39 is 0 Å². The lowest BCUT2D eigenvalue weighted by Crippen LogP contribution is -2.09. The molecule has 0 aliphatic carbocycles. The number of nitrogens with one attached hydrogen (secondary N) is 1. The maximum absolute atomic E-state index is 4.16. The Morgan fingerprint density at radius 3 is 2.92 bits per heavy atom. The molecular weight excluding hydrogens is 150 g/mol. The summed E-state index contributed by atoms with van der Waals surface area (Å²) in [7, 11) is 0. The Hall–Kier alpha value is -1.25. The van der Waals surface area contributed by atoms with E-state index in [4.69, 9.17) is 0 Å². The SMILES string of the molecule is CC.Cc1cnc2n1C=CCN2. The van der Waals surface area contributed by atoms with Gasteiger partial charge >= 0.3 is 0 Å². The van der Waals surface area contributed by atoms with Crippen molar-refractivity contribution in [3.63, 3.8) is 0 Å². The van der Waals surface area contributed by atoms with Gasteiger partial charge in [0.1, 0.15) is 0 Å². The zero-order chi connectivity index (χ0) is 8.97. The largest absolute Gasteiger partial charge is 0.352 e. The van der Waals surface area contributed by atoms with Gasteiger partial charge in [-0.25, -0.2) is 4.98 Å². The third kappa shape index (κ3) is 1.49. The van der Waals surface area contributed by atoms with Crippen molar-refractivity contribution >= 4 is 12.1 Å². The van der Waals surface area contributed by atoms with Crippen molar-refractivity contribution in [2.24, 2.45) is 0 Å². The van der Waals surface area contributed by atoms with Crippen LogP contribution in [0.1, 0.15) is 19.5 Å². The van der Waals surface area contributed by atoms with E-state index in [-0.39, 0.29) is 0 Å². The molecule has 3 heteroatoms. The van der Waals surface area contributed by atoms with Crippen LogP contribution in [0.3, 0.4) is 0 Å². The van der Waals surface area contributed by atoms with Gasteiger partial charge in [0.2, 0.25) is 5.95 Å². The summed E-state index contributed by atoms with van der Waals surface area (Å²) >= 11 is 0. The maximum atomic E-state index is 4.16. The first kappa shape index (κ1) is 8.84. The van der Waals surface area contributed by atoms with Crippen molar-refractivity contribution in [2.75, 3.05) is 11.9 Å². The Kier molecular flexibility index (Phi) is 2.91. The van der Waals surface area contributed by atoms with Crippen LogP contribution in [0, 0.1) is 6.92 Å². The number of aryl methyl sites for hydroxylation is 1. The minimum atomic E-state index is 0.885. The average molecular weight is 165 g/mol. The zero-order valence-corrected chi connectivity index (χ0v) is 7.83. The summed E-state index contributed by atoms with van der Waals surface area (Å²) in [6, 6.07) is 0. The molecule has 0 bridgehead atoms. The second-order valence-corrected chi connectivity index (χ2v) is 2.36. The smallest absolute Gasteiger partial charge is 0.207 e. The average Bonchev–Trinajstić information content (AvgIpc) is 2.53. The van der Waals surface area contributed by atoms with Crippen molar-refractivity contribution in [3.05, 3.63) is 18.0 Å². The highest BCUT2D eigenvalue weighted by Crippen LogP contribution is 2.12. The van der Waals surface area contributed by atoms with Crippen LogP contribution >= 0.6 is 0 Å². The van der Waals surface area contributed by atoms with E-state index >= 15 is 0 Å². The first-order valence-corrected chi connectivity index (χ1v) is 4.32. The summed E-state index contributed by atoms with van der Waals surface area (Å²) in [6.45, 7) is 6.92.